The van der Waals surface area contributed by atoms with E-state index in [9.17, 15) is 4.79 Å². The Balaban J connectivity index is 2.78. The highest BCUT2D eigenvalue weighted by atomic mass is 16.5. The molecule has 0 aliphatic rings. The Labute approximate surface area is 112 Å². The Morgan fingerprint density at radius 3 is 2.84 bits per heavy atom. The van der Waals surface area contributed by atoms with Gasteiger partial charge in [-0.2, -0.15) is 0 Å². The molecule has 1 aromatic rings. The number of methoxy groups -OCH3 is 1. The van der Waals surface area contributed by atoms with Crippen LogP contribution in [0.2, 0.25) is 0 Å². The number of hydrogen-bond acceptors (Lipinski definition) is 7. The maximum Gasteiger partial charge on any atom is 0.341 e. The van der Waals surface area contributed by atoms with E-state index in [0.717, 1.165) is 0 Å². The van der Waals surface area contributed by atoms with Crippen molar-refractivity contribution in [3.05, 3.63) is 17.5 Å². The molecule has 7 heteroatoms. The first kappa shape index (κ1) is 15.3. The fourth-order valence-corrected chi connectivity index (χ4v) is 1.47. The number of aliphatic hydroxyl groups is 1. The number of nitrogens with zero attached hydrogens (tertiary/aromatic N) is 2. The van der Waals surface area contributed by atoms with E-state index in [1.165, 1.54) is 6.20 Å². The van der Waals surface area contributed by atoms with Gasteiger partial charge in [0.1, 0.15) is 0 Å². The van der Waals surface area contributed by atoms with Crippen LogP contribution in [0.3, 0.4) is 0 Å². The van der Waals surface area contributed by atoms with Crippen LogP contribution < -0.4 is 5.32 Å². The molecule has 1 unspecified atom stereocenters. The van der Waals surface area contributed by atoms with Crippen LogP contribution in [-0.4, -0.2) is 54.0 Å². The van der Waals surface area contributed by atoms with Crippen LogP contribution in [0.15, 0.2) is 6.20 Å². The lowest BCUT2D eigenvalue weighted by atomic mass is 10.2. The highest BCUT2D eigenvalue weighted by Gasteiger charge is 2.14. The summed E-state index contributed by atoms with van der Waals surface area (Å²) in [6.07, 6.45) is 1.41. The molecule has 19 heavy (non-hydrogen) atoms. The quantitative estimate of drug-likeness (QED) is 0.691. The highest BCUT2D eigenvalue weighted by molar-refractivity contribution is 5.90. The van der Waals surface area contributed by atoms with E-state index in [2.05, 4.69) is 15.3 Å². The lowest BCUT2D eigenvalue weighted by Gasteiger charge is -2.15. The van der Waals surface area contributed by atoms with Gasteiger partial charge in [-0.1, -0.05) is 0 Å². The summed E-state index contributed by atoms with van der Waals surface area (Å²) in [4.78, 5) is 19.8. The third-order valence-electron chi connectivity index (χ3n) is 2.40. The van der Waals surface area contributed by atoms with Gasteiger partial charge in [0.05, 0.1) is 37.1 Å². The minimum Gasteiger partial charge on any atom is -0.462 e. The maximum atomic E-state index is 11.6. The number of nitrogens with one attached hydrogen (secondary N) is 1. The first-order chi connectivity index (χ1) is 9.12. The standard InChI is InChI=1S/C12H19N3O4/c1-4-19-11(17)10-5-13-12(14-8(10)2)15-9(6-16)7-18-3/h5,9,16H,4,6-7H2,1-3H3,(H,13,14,15). The van der Waals surface area contributed by atoms with Gasteiger partial charge in [0.15, 0.2) is 0 Å². The topological polar surface area (TPSA) is 93.6 Å². The van der Waals surface area contributed by atoms with Crippen molar-refractivity contribution >= 4 is 11.9 Å². The molecule has 1 aromatic heterocycles. The largest absolute Gasteiger partial charge is 0.462 e. The zero-order chi connectivity index (χ0) is 14.3. The SMILES string of the molecule is CCOC(=O)c1cnc(NC(CO)COC)nc1C. The van der Waals surface area contributed by atoms with Crippen molar-refractivity contribution in [2.24, 2.45) is 0 Å². The molecule has 0 aliphatic carbocycles. The highest BCUT2D eigenvalue weighted by Crippen LogP contribution is 2.09. The number of aromatic nitrogens is 2. The van der Waals surface area contributed by atoms with Gasteiger partial charge in [0.25, 0.3) is 0 Å². The van der Waals surface area contributed by atoms with Crippen molar-refractivity contribution in [1.29, 1.82) is 0 Å². The summed E-state index contributed by atoms with van der Waals surface area (Å²) < 4.78 is 9.83. The molecule has 0 spiro atoms. The second-order valence-electron chi connectivity index (χ2n) is 3.89. The van der Waals surface area contributed by atoms with Crippen LogP contribution in [-0.2, 0) is 9.47 Å². The van der Waals surface area contributed by atoms with Crippen molar-refractivity contribution in [3.63, 3.8) is 0 Å². The number of ether oxygens (including phenoxy) is 2. The third-order valence-corrected chi connectivity index (χ3v) is 2.40. The predicted molar refractivity (Wildman–Crippen MR) is 69.1 cm³/mol. The monoisotopic (exact) mass is 269 g/mol. The van der Waals surface area contributed by atoms with Crippen molar-refractivity contribution in [2.45, 2.75) is 19.9 Å². The van der Waals surface area contributed by atoms with Crippen molar-refractivity contribution in [1.82, 2.24) is 9.97 Å². The molecule has 7 nitrogen and oxygen atoms in total. The van der Waals surface area contributed by atoms with Crippen LogP contribution in [0.5, 0.6) is 0 Å². The van der Waals surface area contributed by atoms with Crippen LogP contribution in [0.4, 0.5) is 5.95 Å². The molecule has 1 rings (SSSR count). The van der Waals surface area contributed by atoms with E-state index in [-0.39, 0.29) is 12.6 Å². The van der Waals surface area contributed by atoms with Crippen LogP contribution in [0.1, 0.15) is 23.0 Å². The second-order valence-corrected chi connectivity index (χ2v) is 3.89. The number of carbonyl (C=O) groups is 1. The molecule has 0 aliphatic heterocycles. The van der Waals surface area contributed by atoms with Crippen LogP contribution in [0, 0.1) is 6.92 Å². The van der Waals surface area contributed by atoms with Gasteiger partial charge in [0.2, 0.25) is 5.95 Å². The van der Waals surface area contributed by atoms with Gasteiger partial charge in [-0.05, 0) is 13.8 Å². The van der Waals surface area contributed by atoms with Gasteiger partial charge >= 0.3 is 5.97 Å². The Bertz CT molecular complexity index is 425. The van der Waals surface area contributed by atoms with Gasteiger partial charge in [-0.3, -0.25) is 0 Å². The zero-order valence-corrected chi connectivity index (χ0v) is 11.3. The Kier molecular flexibility index (Phi) is 6.17. The number of aliphatic hydroxyl groups excluding tert-OH is 1. The molecule has 0 bridgehead atoms. The lowest BCUT2D eigenvalue weighted by Crippen LogP contribution is -2.29. The molecule has 1 atom stereocenters. The van der Waals surface area contributed by atoms with Crippen LogP contribution >= 0.6 is 0 Å². The number of aryl methyl sites for hydroxylation is 1. The number of carbonyl (C=O) groups excluding carboxylic acids is 1. The molecule has 106 valence electrons. The molecular weight excluding hydrogens is 250 g/mol. The average Bonchev–Trinajstić information content (AvgIpc) is 2.38. The molecule has 0 amide bonds. The molecule has 0 radical (unpaired) electrons. The molecule has 0 aromatic carbocycles. The maximum absolute atomic E-state index is 11.6. The van der Waals surface area contributed by atoms with Crippen molar-refractivity contribution < 1.29 is 19.4 Å². The first-order valence-corrected chi connectivity index (χ1v) is 5.99. The Morgan fingerprint density at radius 1 is 1.58 bits per heavy atom. The fraction of sp³-hybridized carbons (Fsp3) is 0.583. The summed E-state index contributed by atoms with van der Waals surface area (Å²) in [6, 6.07) is -0.294. The summed E-state index contributed by atoms with van der Waals surface area (Å²) in [5.74, 6) is -0.108. The summed E-state index contributed by atoms with van der Waals surface area (Å²) in [6.45, 7) is 3.97. The van der Waals surface area contributed by atoms with Crippen molar-refractivity contribution in [2.75, 3.05) is 32.2 Å². The summed E-state index contributed by atoms with van der Waals surface area (Å²) in [5.41, 5.74) is 0.852. The van der Waals surface area contributed by atoms with E-state index in [1.54, 1.807) is 21.0 Å². The normalized spacial score (nSPS) is 12.0. The smallest absolute Gasteiger partial charge is 0.341 e. The minimum atomic E-state index is -0.442. The van der Waals surface area contributed by atoms with E-state index < -0.39 is 5.97 Å². The second kappa shape index (κ2) is 7.65. The van der Waals surface area contributed by atoms with Crippen molar-refractivity contribution in [3.8, 4) is 0 Å². The number of rotatable bonds is 7. The molecular formula is C12H19N3O4. The average molecular weight is 269 g/mol. The third kappa shape index (κ3) is 4.46. The summed E-state index contributed by atoms with van der Waals surface area (Å²) >= 11 is 0. The van der Waals surface area contributed by atoms with E-state index >= 15 is 0 Å². The van der Waals surface area contributed by atoms with Gasteiger partial charge in [-0.15, -0.1) is 0 Å². The minimum absolute atomic E-state index is 0.101. The molecule has 0 saturated heterocycles. The van der Waals surface area contributed by atoms with E-state index in [4.69, 9.17) is 14.6 Å². The predicted octanol–water partition coefficient (Wildman–Crippen LogP) is 0.381. The number of esters is 1. The summed E-state index contributed by atoms with van der Waals surface area (Å²) in [5, 5.41) is 12.0. The van der Waals surface area contributed by atoms with E-state index in [1.807, 2.05) is 0 Å². The first-order valence-electron chi connectivity index (χ1n) is 5.99. The summed E-state index contributed by atoms with van der Waals surface area (Å²) in [7, 11) is 1.54. The molecule has 2 N–H and O–H groups in total. The lowest BCUT2D eigenvalue weighted by molar-refractivity contribution is 0.0524. The van der Waals surface area contributed by atoms with Crippen LogP contribution in [0.25, 0.3) is 0 Å². The Morgan fingerprint density at radius 2 is 2.32 bits per heavy atom. The van der Waals surface area contributed by atoms with Gasteiger partial charge < -0.3 is 19.9 Å². The number of anilines is 1. The molecule has 0 saturated carbocycles. The van der Waals surface area contributed by atoms with E-state index in [0.29, 0.717) is 30.4 Å². The van der Waals surface area contributed by atoms with Gasteiger partial charge in [-0.25, -0.2) is 14.8 Å². The van der Waals surface area contributed by atoms with Gasteiger partial charge in [0, 0.05) is 13.3 Å². The zero-order valence-electron chi connectivity index (χ0n) is 11.3. The molecule has 0 fully saturated rings. The fourth-order valence-electron chi connectivity index (χ4n) is 1.47. The number of hydrogen-bond donors (Lipinski definition) is 2. The Hall–Kier alpha value is -1.73. The molecule has 1 heterocycles.